The van der Waals surface area contributed by atoms with E-state index in [9.17, 15) is 9.59 Å². The molecule has 1 aromatic carbocycles. The first-order valence-corrected chi connectivity index (χ1v) is 11.2. The third kappa shape index (κ3) is 3.75. The lowest BCUT2D eigenvalue weighted by Crippen LogP contribution is -2.23. The number of carbonyl (C=O) groups is 2. The van der Waals surface area contributed by atoms with Gasteiger partial charge in [-0.25, -0.2) is 9.97 Å². The second-order valence-corrected chi connectivity index (χ2v) is 8.59. The summed E-state index contributed by atoms with van der Waals surface area (Å²) in [7, 11) is 0. The molecule has 1 saturated heterocycles. The van der Waals surface area contributed by atoms with E-state index < -0.39 is 0 Å². The molecule has 4 heterocycles. The molecule has 8 heteroatoms. The largest absolute Gasteiger partial charge is 0.328 e. The maximum absolute atomic E-state index is 12.4. The van der Waals surface area contributed by atoms with E-state index in [0.29, 0.717) is 23.8 Å². The van der Waals surface area contributed by atoms with Crippen LogP contribution in [-0.2, 0) is 29.0 Å². The highest BCUT2D eigenvalue weighted by atomic mass is 32.1. The van der Waals surface area contributed by atoms with Crippen LogP contribution in [0.25, 0.3) is 11.4 Å². The average molecular weight is 422 g/mol. The van der Waals surface area contributed by atoms with Crippen LogP contribution < -0.4 is 10.2 Å². The molecule has 0 atom stereocenters. The van der Waals surface area contributed by atoms with E-state index >= 15 is 0 Å². The van der Waals surface area contributed by atoms with Crippen LogP contribution in [0.15, 0.2) is 35.8 Å². The first-order chi connectivity index (χ1) is 14.7. The summed E-state index contributed by atoms with van der Waals surface area (Å²) >= 11 is 1.42. The zero-order valence-corrected chi connectivity index (χ0v) is 17.5. The van der Waals surface area contributed by atoms with Crippen LogP contribution >= 0.6 is 11.3 Å². The van der Waals surface area contributed by atoms with Crippen molar-refractivity contribution in [3.05, 3.63) is 47.2 Å². The molecule has 0 radical (unpaired) electrons. The zero-order chi connectivity index (χ0) is 20.5. The summed E-state index contributed by atoms with van der Waals surface area (Å²) in [5.74, 6) is 0.985. The summed E-state index contributed by atoms with van der Waals surface area (Å²) in [4.78, 5) is 35.1. The summed E-state index contributed by atoms with van der Waals surface area (Å²) in [5.41, 5.74) is 3.79. The second-order valence-electron chi connectivity index (χ2n) is 7.75. The highest BCUT2D eigenvalue weighted by Crippen LogP contribution is 2.27. The molecule has 3 aromatic rings. The third-order valence-corrected chi connectivity index (χ3v) is 6.53. The lowest BCUT2D eigenvalue weighted by atomic mass is 10.1. The maximum atomic E-state index is 12.4. The van der Waals surface area contributed by atoms with Gasteiger partial charge in [-0.2, -0.15) is 0 Å². The molecule has 0 spiro atoms. The van der Waals surface area contributed by atoms with Gasteiger partial charge in [-0.05, 0) is 49.9 Å². The Morgan fingerprint density at radius 3 is 2.77 bits per heavy atom. The Morgan fingerprint density at radius 1 is 1.10 bits per heavy atom. The Hall–Kier alpha value is -3.00. The van der Waals surface area contributed by atoms with Crippen molar-refractivity contribution in [2.45, 2.75) is 45.1 Å². The molecule has 2 aromatic heterocycles. The minimum atomic E-state index is -0.120. The standard InChI is InChI=1S/C22H23N5O2S/c28-19(12-17-14-30-22(25-17)27-11-3-5-20(27)29)24-16-8-6-15(7-9-16)21-23-13-18-4-1-2-10-26(18)21/h6-9,13-14H,1-5,10-12H2,(H,24,28). The number of imidazole rings is 1. The summed E-state index contributed by atoms with van der Waals surface area (Å²) in [6.45, 7) is 1.73. The Labute approximate surface area is 178 Å². The lowest BCUT2D eigenvalue weighted by molar-refractivity contribution is -0.117. The number of aryl methyl sites for hydroxylation is 1. The predicted octanol–water partition coefficient (Wildman–Crippen LogP) is 3.65. The minimum Gasteiger partial charge on any atom is -0.328 e. The van der Waals surface area contributed by atoms with Crippen LogP contribution in [0.3, 0.4) is 0 Å². The van der Waals surface area contributed by atoms with E-state index in [1.807, 2.05) is 35.8 Å². The van der Waals surface area contributed by atoms with Crippen molar-refractivity contribution in [1.29, 1.82) is 0 Å². The highest BCUT2D eigenvalue weighted by molar-refractivity contribution is 7.14. The molecular weight excluding hydrogens is 398 g/mol. The molecule has 2 amide bonds. The lowest BCUT2D eigenvalue weighted by Gasteiger charge is -2.16. The summed E-state index contributed by atoms with van der Waals surface area (Å²) in [6.07, 6.45) is 7.11. The molecule has 7 nitrogen and oxygen atoms in total. The van der Waals surface area contributed by atoms with Crippen LogP contribution in [0.2, 0.25) is 0 Å². The molecule has 2 aliphatic rings. The number of hydrogen-bond donors (Lipinski definition) is 1. The van der Waals surface area contributed by atoms with E-state index in [-0.39, 0.29) is 18.2 Å². The van der Waals surface area contributed by atoms with Gasteiger partial charge in [0, 0.05) is 48.0 Å². The number of nitrogens with one attached hydrogen (secondary N) is 1. The van der Waals surface area contributed by atoms with Gasteiger partial charge in [-0.15, -0.1) is 11.3 Å². The smallest absolute Gasteiger partial charge is 0.230 e. The van der Waals surface area contributed by atoms with E-state index in [1.54, 1.807) is 4.90 Å². The van der Waals surface area contributed by atoms with Crippen molar-refractivity contribution in [3.8, 4) is 11.4 Å². The van der Waals surface area contributed by atoms with Crippen LogP contribution in [0.1, 0.15) is 37.1 Å². The molecule has 0 unspecified atom stereocenters. The van der Waals surface area contributed by atoms with E-state index in [0.717, 1.165) is 36.5 Å². The van der Waals surface area contributed by atoms with Gasteiger partial charge < -0.3 is 9.88 Å². The fourth-order valence-corrected chi connectivity index (χ4v) is 4.96. The molecule has 1 fully saturated rings. The number of fused-ring (bicyclic) bond motifs is 1. The Bertz CT molecular complexity index is 1090. The highest BCUT2D eigenvalue weighted by Gasteiger charge is 2.24. The van der Waals surface area contributed by atoms with E-state index in [4.69, 9.17) is 0 Å². The molecule has 0 saturated carbocycles. The van der Waals surface area contributed by atoms with E-state index in [2.05, 4.69) is 19.9 Å². The van der Waals surface area contributed by atoms with Crippen molar-refractivity contribution in [2.75, 3.05) is 16.8 Å². The van der Waals surface area contributed by atoms with Crippen molar-refractivity contribution in [3.63, 3.8) is 0 Å². The predicted molar refractivity (Wildman–Crippen MR) is 117 cm³/mol. The topological polar surface area (TPSA) is 80.1 Å². The Balaban J connectivity index is 1.22. The number of anilines is 2. The molecule has 5 rings (SSSR count). The molecule has 0 aliphatic carbocycles. The summed E-state index contributed by atoms with van der Waals surface area (Å²) in [5, 5.41) is 5.47. The first-order valence-electron chi connectivity index (χ1n) is 10.4. The van der Waals surface area contributed by atoms with Gasteiger partial charge in [0.05, 0.1) is 12.1 Å². The SMILES string of the molecule is O=C(Cc1csc(N2CCCC2=O)n1)Nc1ccc(-c2ncc3n2CCCC3)cc1. The number of aromatic nitrogens is 3. The average Bonchev–Trinajstić information content (AvgIpc) is 3.48. The monoisotopic (exact) mass is 421 g/mol. The Morgan fingerprint density at radius 2 is 1.97 bits per heavy atom. The van der Waals surface area contributed by atoms with E-state index in [1.165, 1.54) is 29.9 Å². The zero-order valence-electron chi connectivity index (χ0n) is 16.6. The number of nitrogens with zero attached hydrogens (tertiary/aromatic N) is 4. The minimum absolute atomic E-state index is 0.110. The molecular formula is C22H23N5O2S. The van der Waals surface area contributed by atoms with Crippen LogP contribution in [-0.4, -0.2) is 32.9 Å². The number of hydrogen-bond acceptors (Lipinski definition) is 5. The quantitative estimate of drug-likeness (QED) is 0.682. The number of carbonyl (C=O) groups excluding carboxylic acids is 2. The van der Waals surface area contributed by atoms with Crippen molar-refractivity contribution < 1.29 is 9.59 Å². The fraction of sp³-hybridized carbons (Fsp3) is 0.364. The number of thiazole rings is 1. The summed E-state index contributed by atoms with van der Waals surface area (Å²) < 4.78 is 2.29. The Kier molecular flexibility index (Phi) is 5.08. The van der Waals surface area contributed by atoms with Gasteiger partial charge >= 0.3 is 0 Å². The number of amides is 2. The van der Waals surface area contributed by atoms with Gasteiger partial charge in [-0.3, -0.25) is 14.5 Å². The van der Waals surface area contributed by atoms with Crippen molar-refractivity contribution >= 4 is 34.0 Å². The van der Waals surface area contributed by atoms with Crippen molar-refractivity contribution in [2.24, 2.45) is 0 Å². The fourth-order valence-electron chi connectivity index (χ4n) is 4.09. The second kappa shape index (κ2) is 8.02. The van der Waals surface area contributed by atoms with Gasteiger partial charge in [-0.1, -0.05) is 0 Å². The van der Waals surface area contributed by atoms with Gasteiger partial charge in [0.2, 0.25) is 11.8 Å². The van der Waals surface area contributed by atoms with Gasteiger partial charge in [0.15, 0.2) is 5.13 Å². The normalized spacial score (nSPS) is 16.0. The molecule has 1 N–H and O–H groups in total. The van der Waals surface area contributed by atoms with Crippen LogP contribution in [0, 0.1) is 0 Å². The van der Waals surface area contributed by atoms with Gasteiger partial charge in [0.1, 0.15) is 5.82 Å². The number of rotatable bonds is 5. The molecule has 0 bridgehead atoms. The molecule has 2 aliphatic heterocycles. The first kappa shape index (κ1) is 19.0. The summed E-state index contributed by atoms with van der Waals surface area (Å²) in [6, 6.07) is 7.82. The molecule has 154 valence electrons. The third-order valence-electron chi connectivity index (χ3n) is 5.62. The number of benzene rings is 1. The van der Waals surface area contributed by atoms with Gasteiger partial charge in [0.25, 0.3) is 0 Å². The van der Waals surface area contributed by atoms with Crippen molar-refractivity contribution in [1.82, 2.24) is 14.5 Å². The van der Waals surface area contributed by atoms with Crippen LogP contribution in [0.5, 0.6) is 0 Å². The van der Waals surface area contributed by atoms with Crippen LogP contribution in [0.4, 0.5) is 10.8 Å². The molecule has 30 heavy (non-hydrogen) atoms. The maximum Gasteiger partial charge on any atom is 0.230 e.